The number of anilines is 2. The standard InChI is InChI=1S/C10H12BrN3O/c1-3-8-10(15)13-7-5-12-4-6(11)9(7)14(8)2/h4-5,8H,3H2,1-2H3,(H,13,15)/t8-/m1/s1. The summed E-state index contributed by atoms with van der Waals surface area (Å²) in [6, 6.07) is -0.101. The first-order chi connectivity index (χ1) is 7.15. The van der Waals surface area contributed by atoms with E-state index in [1.807, 2.05) is 18.9 Å². The molecule has 0 aromatic carbocycles. The molecule has 5 heteroatoms. The van der Waals surface area contributed by atoms with Crippen molar-refractivity contribution in [1.82, 2.24) is 4.98 Å². The van der Waals surface area contributed by atoms with Crippen molar-refractivity contribution in [3.05, 3.63) is 16.9 Å². The first-order valence-corrected chi connectivity index (χ1v) is 5.61. The normalized spacial score (nSPS) is 19.8. The number of pyridine rings is 1. The van der Waals surface area contributed by atoms with E-state index in [9.17, 15) is 4.79 Å². The SMILES string of the molecule is CC[C@@H]1C(=O)Nc2cncc(Br)c2N1C. The van der Waals surface area contributed by atoms with Crippen LogP contribution in [0.4, 0.5) is 11.4 Å². The Kier molecular flexibility index (Phi) is 2.65. The molecule has 4 nitrogen and oxygen atoms in total. The number of halogens is 1. The predicted octanol–water partition coefficient (Wildman–Crippen LogP) is 2.01. The van der Waals surface area contributed by atoms with E-state index in [0.29, 0.717) is 0 Å². The minimum atomic E-state index is -0.101. The van der Waals surface area contributed by atoms with Gasteiger partial charge in [-0.05, 0) is 22.4 Å². The first kappa shape index (κ1) is 10.4. The zero-order valence-corrected chi connectivity index (χ0v) is 10.2. The molecule has 0 fully saturated rings. The number of hydrogen-bond acceptors (Lipinski definition) is 3. The Labute approximate surface area is 96.8 Å². The molecule has 1 aliphatic heterocycles. The molecule has 0 unspecified atom stereocenters. The number of hydrogen-bond donors (Lipinski definition) is 1. The van der Waals surface area contributed by atoms with Gasteiger partial charge in [-0.3, -0.25) is 9.78 Å². The van der Waals surface area contributed by atoms with Crippen LogP contribution in [0.15, 0.2) is 16.9 Å². The molecule has 2 heterocycles. The van der Waals surface area contributed by atoms with Crippen LogP contribution >= 0.6 is 15.9 Å². The minimum Gasteiger partial charge on any atom is -0.360 e. The lowest BCUT2D eigenvalue weighted by Crippen LogP contribution is -2.45. The van der Waals surface area contributed by atoms with E-state index in [2.05, 4.69) is 26.2 Å². The Hall–Kier alpha value is -1.10. The summed E-state index contributed by atoms with van der Waals surface area (Å²) >= 11 is 3.44. The predicted molar refractivity (Wildman–Crippen MR) is 63.0 cm³/mol. The number of amides is 1. The van der Waals surface area contributed by atoms with Crippen molar-refractivity contribution in [3.63, 3.8) is 0 Å². The van der Waals surface area contributed by atoms with Gasteiger partial charge in [-0.15, -0.1) is 0 Å². The summed E-state index contributed by atoms with van der Waals surface area (Å²) in [7, 11) is 1.93. The molecular formula is C10H12BrN3O. The van der Waals surface area contributed by atoms with Crippen LogP contribution in [-0.4, -0.2) is 24.0 Å². The number of fused-ring (bicyclic) bond motifs is 1. The van der Waals surface area contributed by atoms with E-state index < -0.39 is 0 Å². The van der Waals surface area contributed by atoms with E-state index >= 15 is 0 Å². The maximum Gasteiger partial charge on any atom is 0.247 e. The second kappa shape index (κ2) is 3.81. The summed E-state index contributed by atoms with van der Waals surface area (Å²) in [4.78, 5) is 17.7. The number of nitrogens with zero attached hydrogens (tertiary/aromatic N) is 2. The van der Waals surface area contributed by atoms with Gasteiger partial charge >= 0.3 is 0 Å². The second-order valence-corrected chi connectivity index (χ2v) is 4.40. The van der Waals surface area contributed by atoms with Crippen LogP contribution < -0.4 is 10.2 Å². The molecule has 1 aliphatic rings. The van der Waals surface area contributed by atoms with E-state index in [-0.39, 0.29) is 11.9 Å². The average Bonchev–Trinajstić information content (AvgIpc) is 2.17. The minimum absolute atomic E-state index is 0.0346. The van der Waals surface area contributed by atoms with Crippen molar-refractivity contribution in [2.24, 2.45) is 0 Å². The van der Waals surface area contributed by atoms with Gasteiger partial charge in [0.2, 0.25) is 5.91 Å². The lowest BCUT2D eigenvalue weighted by Gasteiger charge is -2.35. The van der Waals surface area contributed by atoms with Gasteiger partial charge in [0.05, 0.1) is 22.0 Å². The van der Waals surface area contributed by atoms with Crippen LogP contribution in [0.25, 0.3) is 0 Å². The van der Waals surface area contributed by atoms with Crippen molar-refractivity contribution < 1.29 is 4.79 Å². The van der Waals surface area contributed by atoms with Crippen molar-refractivity contribution >= 4 is 33.2 Å². The van der Waals surface area contributed by atoms with Crippen LogP contribution in [0.3, 0.4) is 0 Å². The van der Waals surface area contributed by atoms with Gasteiger partial charge in [0.1, 0.15) is 6.04 Å². The summed E-state index contributed by atoms with van der Waals surface area (Å²) in [5.74, 6) is 0.0346. The Morgan fingerprint density at radius 2 is 2.33 bits per heavy atom. The number of nitrogens with one attached hydrogen (secondary N) is 1. The van der Waals surface area contributed by atoms with Gasteiger partial charge < -0.3 is 10.2 Å². The molecule has 1 aromatic rings. The van der Waals surface area contributed by atoms with Gasteiger partial charge in [-0.25, -0.2) is 0 Å². The van der Waals surface area contributed by atoms with Crippen molar-refractivity contribution in [3.8, 4) is 0 Å². The van der Waals surface area contributed by atoms with Crippen molar-refractivity contribution in [2.45, 2.75) is 19.4 Å². The Morgan fingerprint density at radius 3 is 3.00 bits per heavy atom. The third-order valence-electron chi connectivity index (χ3n) is 2.64. The molecule has 80 valence electrons. The fraction of sp³-hybridized carbons (Fsp3) is 0.400. The highest BCUT2D eigenvalue weighted by Crippen LogP contribution is 2.36. The lowest BCUT2D eigenvalue weighted by molar-refractivity contribution is -0.117. The lowest BCUT2D eigenvalue weighted by atomic mass is 10.1. The summed E-state index contributed by atoms with van der Waals surface area (Å²) in [5.41, 5.74) is 1.76. The zero-order chi connectivity index (χ0) is 11.0. The number of carbonyl (C=O) groups is 1. The molecule has 0 spiro atoms. The molecule has 1 amide bonds. The smallest absolute Gasteiger partial charge is 0.247 e. The summed E-state index contributed by atoms with van der Waals surface area (Å²) in [6.07, 6.45) is 4.19. The van der Waals surface area contributed by atoms with Crippen LogP contribution in [-0.2, 0) is 4.79 Å². The molecule has 1 aromatic heterocycles. The third kappa shape index (κ3) is 1.61. The molecule has 2 rings (SSSR count). The van der Waals surface area contributed by atoms with Crippen molar-refractivity contribution in [2.75, 3.05) is 17.3 Å². The zero-order valence-electron chi connectivity index (χ0n) is 8.62. The van der Waals surface area contributed by atoms with Crippen LogP contribution in [0, 0.1) is 0 Å². The maximum absolute atomic E-state index is 11.7. The molecule has 15 heavy (non-hydrogen) atoms. The maximum atomic E-state index is 11.7. The molecule has 0 bridgehead atoms. The molecule has 0 saturated carbocycles. The largest absolute Gasteiger partial charge is 0.360 e. The van der Waals surface area contributed by atoms with Gasteiger partial charge in [-0.1, -0.05) is 6.92 Å². The second-order valence-electron chi connectivity index (χ2n) is 3.54. The first-order valence-electron chi connectivity index (χ1n) is 4.82. The number of rotatable bonds is 1. The monoisotopic (exact) mass is 269 g/mol. The highest BCUT2D eigenvalue weighted by Gasteiger charge is 2.30. The quantitative estimate of drug-likeness (QED) is 0.849. The number of aromatic nitrogens is 1. The van der Waals surface area contributed by atoms with E-state index in [1.165, 1.54) is 0 Å². The molecule has 0 aliphatic carbocycles. The third-order valence-corrected chi connectivity index (χ3v) is 3.22. The van der Waals surface area contributed by atoms with Crippen molar-refractivity contribution in [1.29, 1.82) is 0 Å². The summed E-state index contributed by atoms with van der Waals surface area (Å²) in [6.45, 7) is 2.00. The molecular weight excluding hydrogens is 258 g/mol. The van der Waals surface area contributed by atoms with Crippen LogP contribution in [0.2, 0.25) is 0 Å². The molecule has 1 atom stereocenters. The summed E-state index contributed by atoms with van der Waals surface area (Å²) in [5, 5.41) is 2.86. The van der Waals surface area contributed by atoms with Gasteiger partial charge in [-0.2, -0.15) is 0 Å². The van der Waals surface area contributed by atoms with E-state index in [1.54, 1.807) is 12.4 Å². The Bertz CT molecular complexity index is 408. The van der Waals surface area contributed by atoms with E-state index in [0.717, 1.165) is 22.3 Å². The topological polar surface area (TPSA) is 45.2 Å². The van der Waals surface area contributed by atoms with Gasteiger partial charge in [0.15, 0.2) is 0 Å². The molecule has 0 radical (unpaired) electrons. The average molecular weight is 270 g/mol. The van der Waals surface area contributed by atoms with Gasteiger partial charge in [0, 0.05) is 13.2 Å². The number of carbonyl (C=O) groups excluding carboxylic acids is 1. The Balaban J connectivity index is 2.51. The molecule has 0 saturated heterocycles. The Morgan fingerprint density at radius 1 is 1.60 bits per heavy atom. The number of likely N-dealkylation sites (N-methyl/N-ethyl adjacent to an activating group) is 1. The van der Waals surface area contributed by atoms with Crippen LogP contribution in [0.1, 0.15) is 13.3 Å². The fourth-order valence-corrected chi connectivity index (χ4v) is 2.50. The fourth-order valence-electron chi connectivity index (χ4n) is 1.89. The molecule has 1 N–H and O–H groups in total. The highest BCUT2D eigenvalue weighted by molar-refractivity contribution is 9.10. The van der Waals surface area contributed by atoms with Crippen LogP contribution in [0.5, 0.6) is 0 Å². The highest BCUT2D eigenvalue weighted by atomic mass is 79.9. The summed E-state index contributed by atoms with van der Waals surface area (Å²) < 4.78 is 0.904. The van der Waals surface area contributed by atoms with Gasteiger partial charge in [0.25, 0.3) is 0 Å². The van der Waals surface area contributed by atoms with E-state index in [4.69, 9.17) is 0 Å².